The molecule has 4 aromatic rings. The molecule has 0 aliphatic rings. The Morgan fingerprint density at radius 2 is 1.71 bits per heavy atom. The Morgan fingerprint density at radius 3 is 2.26 bits per heavy atom. The van der Waals surface area contributed by atoms with E-state index < -0.39 is 18.6 Å². The molecular formula is C23H22F3N5O3. The molecule has 0 saturated carbocycles. The highest BCUT2D eigenvalue weighted by molar-refractivity contribution is 6.00. The number of carbonyl (C=O) groups is 1. The molecule has 4 rings (SSSR count). The number of alkyl halides is 3. The van der Waals surface area contributed by atoms with Crippen molar-refractivity contribution < 1.29 is 27.4 Å². The predicted molar refractivity (Wildman–Crippen MR) is 119 cm³/mol. The number of imidazole rings is 1. The van der Waals surface area contributed by atoms with Gasteiger partial charge in [-0.1, -0.05) is 0 Å². The van der Waals surface area contributed by atoms with Crippen molar-refractivity contribution in [1.29, 1.82) is 0 Å². The second kappa shape index (κ2) is 8.73. The minimum Gasteiger partial charge on any atom is -0.496 e. The Morgan fingerprint density at radius 1 is 1.03 bits per heavy atom. The molecule has 2 heterocycles. The first-order valence-corrected chi connectivity index (χ1v) is 10.2. The molecule has 34 heavy (non-hydrogen) atoms. The van der Waals surface area contributed by atoms with E-state index >= 15 is 0 Å². The van der Waals surface area contributed by atoms with Gasteiger partial charge in [-0.2, -0.15) is 18.3 Å². The lowest BCUT2D eigenvalue weighted by Crippen LogP contribution is -2.34. The van der Waals surface area contributed by atoms with Crippen LogP contribution in [0.25, 0.3) is 22.4 Å². The maximum Gasteiger partial charge on any atom is 0.405 e. The molecule has 1 N–H and O–H groups in total. The van der Waals surface area contributed by atoms with E-state index in [1.807, 2.05) is 48.1 Å². The molecule has 0 fully saturated rings. The lowest BCUT2D eigenvalue weighted by atomic mass is 10.1. The zero-order valence-electron chi connectivity index (χ0n) is 18.9. The van der Waals surface area contributed by atoms with Crippen LogP contribution in [0.15, 0.2) is 42.7 Å². The van der Waals surface area contributed by atoms with Gasteiger partial charge in [-0.25, -0.2) is 9.67 Å². The highest BCUT2D eigenvalue weighted by atomic mass is 19.4. The summed E-state index contributed by atoms with van der Waals surface area (Å²) in [6.45, 7) is 2.42. The number of fused-ring (bicyclic) bond motifs is 1. The molecule has 0 spiro atoms. The quantitative estimate of drug-likeness (QED) is 0.455. The Bertz CT molecular complexity index is 1350. The molecule has 178 valence electrons. The van der Waals surface area contributed by atoms with Crippen LogP contribution in [0.1, 0.15) is 21.7 Å². The third-order valence-corrected chi connectivity index (χ3v) is 5.23. The summed E-state index contributed by atoms with van der Waals surface area (Å²) in [5, 5.41) is 6.34. The molecule has 0 unspecified atom stereocenters. The van der Waals surface area contributed by atoms with Crippen molar-refractivity contribution in [2.45, 2.75) is 20.0 Å². The van der Waals surface area contributed by atoms with Crippen molar-refractivity contribution in [2.24, 2.45) is 0 Å². The van der Waals surface area contributed by atoms with E-state index in [0.29, 0.717) is 11.2 Å². The topological polar surface area (TPSA) is 83.2 Å². The number of carbonyl (C=O) groups excluding carboxylic acids is 1. The average Bonchev–Trinajstić information content (AvgIpc) is 3.37. The number of nitrogens with one attached hydrogen (secondary N) is 1. The van der Waals surface area contributed by atoms with Gasteiger partial charge in [0, 0.05) is 17.8 Å². The van der Waals surface area contributed by atoms with Gasteiger partial charge in [0.1, 0.15) is 29.9 Å². The summed E-state index contributed by atoms with van der Waals surface area (Å²) in [6, 6.07) is 10.8. The van der Waals surface area contributed by atoms with Crippen LogP contribution in [0.5, 0.6) is 11.5 Å². The molecular weight excluding hydrogens is 451 g/mol. The van der Waals surface area contributed by atoms with Gasteiger partial charge in [-0.3, -0.25) is 9.36 Å². The van der Waals surface area contributed by atoms with Crippen LogP contribution >= 0.6 is 0 Å². The number of methoxy groups -OCH3 is 2. The number of aryl methyl sites for hydroxylation is 2. The van der Waals surface area contributed by atoms with Gasteiger partial charge in [0.25, 0.3) is 5.91 Å². The minimum atomic E-state index is -4.54. The summed E-state index contributed by atoms with van der Waals surface area (Å²) in [5.74, 6) is -0.826. The number of ether oxygens (including phenoxy) is 2. The van der Waals surface area contributed by atoms with Gasteiger partial charge < -0.3 is 14.8 Å². The maximum absolute atomic E-state index is 12.6. The summed E-state index contributed by atoms with van der Waals surface area (Å²) in [6.07, 6.45) is -2.94. The van der Waals surface area contributed by atoms with Crippen LogP contribution in [-0.2, 0) is 0 Å². The summed E-state index contributed by atoms with van der Waals surface area (Å²) in [7, 11) is 2.65. The molecule has 0 saturated heterocycles. The first kappa shape index (κ1) is 23.1. The number of hydrogen-bond acceptors (Lipinski definition) is 5. The average molecular weight is 473 g/mol. The Hall–Kier alpha value is -4.02. The van der Waals surface area contributed by atoms with Gasteiger partial charge in [0.15, 0.2) is 0 Å². The fourth-order valence-electron chi connectivity index (χ4n) is 3.76. The van der Waals surface area contributed by atoms with Crippen LogP contribution in [0.4, 0.5) is 13.2 Å². The lowest BCUT2D eigenvalue weighted by molar-refractivity contribution is -0.123. The highest BCUT2D eigenvalue weighted by Crippen LogP contribution is 2.34. The van der Waals surface area contributed by atoms with Gasteiger partial charge in [0.2, 0.25) is 0 Å². The standard InChI is InChI=1S/C23H22F3N5O3/c1-13-7-14(2)31(29-13)15-5-6-18-17(8-15)28-12-30(18)16-9-19(33-3)21(20(10-16)34-4)22(32)27-11-23(24,25)26/h5-10,12H,11H2,1-4H3,(H,27,32). The van der Waals surface area contributed by atoms with Crippen molar-refractivity contribution in [3.8, 4) is 22.9 Å². The van der Waals surface area contributed by atoms with E-state index in [2.05, 4.69) is 10.1 Å². The molecule has 2 aromatic heterocycles. The van der Waals surface area contributed by atoms with E-state index in [4.69, 9.17) is 9.47 Å². The molecule has 2 aromatic carbocycles. The summed E-state index contributed by atoms with van der Waals surface area (Å²) in [4.78, 5) is 16.9. The Balaban J connectivity index is 1.75. The fourth-order valence-corrected chi connectivity index (χ4v) is 3.76. The first-order valence-electron chi connectivity index (χ1n) is 10.2. The van der Waals surface area contributed by atoms with Crippen LogP contribution < -0.4 is 14.8 Å². The lowest BCUT2D eigenvalue weighted by Gasteiger charge is -2.16. The molecule has 0 aliphatic heterocycles. The van der Waals surface area contributed by atoms with Crippen molar-refractivity contribution in [2.75, 3.05) is 20.8 Å². The van der Waals surface area contributed by atoms with Crippen molar-refractivity contribution in [3.63, 3.8) is 0 Å². The molecule has 0 aliphatic carbocycles. The SMILES string of the molecule is COc1cc(-n2cnc3cc(-n4nc(C)cc4C)ccc32)cc(OC)c1C(=O)NCC(F)(F)F. The smallest absolute Gasteiger partial charge is 0.405 e. The molecule has 0 atom stereocenters. The minimum absolute atomic E-state index is 0.0649. The Kier molecular flexibility index (Phi) is 5.94. The number of hydrogen-bond donors (Lipinski definition) is 1. The zero-order chi connectivity index (χ0) is 24.6. The van der Waals surface area contributed by atoms with E-state index in [1.165, 1.54) is 14.2 Å². The third-order valence-electron chi connectivity index (χ3n) is 5.23. The Labute approximate surface area is 192 Å². The predicted octanol–water partition coefficient (Wildman–Crippen LogP) is 4.14. The summed E-state index contributed by atoms with van der Waals surface area (Å²) in [5.41, 5.74) is 4.65. The number of nitrogens with zero attached hydrogens (tertiary/aromatic N) is 4. The van der Waals surface area contributed by atoms with E-state index in [1.54, 1.807) is 23.0 Å². The number of aromatic nitrogens is 4. The van der Waals surface area contributed by atoms with Gasteiger partial charge >= 0.3 is 6.18 Å². The monoisotopic (exact) mass is 473 g/mol. The number of halogens is 3. The fraction of sp³-hybridized carbons (Fsp3) is 0.261. The van der Waals surface area contributed by atoms with Crippen LogP contribution in [0.2, 0.25) is 0 Å². The number of rotatable bonds is 6. The third kappa shape index (κ3) is 4.41. The molecule has 0 radical (unpaired) electrons. The van der Waals surface area contributed by atoms with Gasteiger partial charge in [-0.05, 0) is 38.1 Å². The van der Waals surface area contributed by atoms with Crippen LogP contribution in [-0.4, -0.2) is 52.2 Å². The summed E-state index contributed by atoms with van der Waals surface area (Å²) < 4.78 is 51.9. The highest BCUT2D eigenvalue weighted by Gasteiger charge is 2.30. The van der Waals surface area contributed by atoms with Crippen molar-refractivity contribution in [3.05, 3.63) is 59.7 Å². The molecule has 1 amide bonds. The largest absolute Gasteiger partial charge is 0.496 e. The van der Waals surface area contributed by atoms with Gasteiger partial charge in [-0.15, -0.1) is 0 Å². The summed E-state index contributed by atoms with van der Waals surface area (Å²) >= 11 is 0. The second-order valence-corrected chi connectivity index (χ2v) is 7.65. The zero-order valence-corrected chi connectivity index (χ0v) is 18.9. The molecule has 0 bridgehead atoms. The number of benzene rings is 2. The first-order chi connectivity index (χ1) is 16.1. The molecule has 8 nitrogen and oxygen atoms in total. The second-order valence-electron chi connectivity index (χ2n) is 7.65. The van der Waals surface area contributed by atoms with Gasteiger partial charge in [0.05, 0.1) is 42.3 Å². The van der Waals surface area contributed by atoms with Crippen molar-refractivity contribution in [1.82, 2.24) is 24.6 Å². The number of amides is 1. The maximum atomic E-state index is 12.6. The van der Waals surface area contributed by atoms with Crippen LogP contribution in [0.3, 0.4) is 0 Å². The van der Waals surface area contributed by atoms with Crippen LogP contribution in [0, 0.1) is 13.8 Å². The normalized spacial score (nSPS) is 11.6. The van der Waals surface area contributed by atoms with E-state index in [9.17, 15) is 18.0 Å². The molecule has 11 heteroatoms. The van der Waals surface area contributed by atoms with Crippen molar-refractivity contribution >= 4 is 16.9 Å². The van der Waals surface area contributed by atoms with E-state index in [0.717, 1.165) is 22.6 Å². The van der Waals surface area contributed by atoms with E-state index in [-0.39, 0.29) is 17.1 Å².